The van der Waals surface area contributed by atoms with Crippen molar-refractivity contribution in [2.45, 2.75) is 0 Å². The molecule has 242 valence electrons. The molecule has 0 fully saturated rings. The third-order valence-electron chi connectivity index (χ3n) is 10.1. The zero-order valence-electron chi connectivity index (χ0n) is 27.7. The second-order valence-corrected chi connectivity index (χ2v) is 13.1. The molecule has 0 aliphatic heterocycles. The molecule has 0 atom stereocenters. The van der Waals surface area contributed by atoms with Crippen LogP contribution in [0.4, 0.5) is 0 Å². The number of benzene rings is 8. The van der Waals surface area contributed by atoms with Crippen molar-refractivity contribution >= 4 is 65.4 Å². The zero-order chi connectivity index (χ0) is 34.2. The molecule has 0 spiro atoms. The van der Waals surface area contributed by atoms with E-state index < -0.39 is 0 Å². The molecule has 3 heterocycles. The van der Waals surface area contributed by atoms with Gasteiger partial charge in [0, 0.05) is 49.0 Å². The van der Waals surface area contributed by atoms with Gasteiger partial charge in [0.15, 0.2) is 17.5 Å². The van der Waals surface area contributed by atoms with Crippen molar-refractivity contribution in [2.75, 3.05) is 0 Å². The molecule has 0 radical (unpaired) electrons. The molecule has 3 aromatic heterocycles. The van der Waals surface area contributed by atoms with Gasteiger partial charge in [-0.05, 0) is 46.2 Å². The number of furan rings is 2. The molecule has 0 amide bonds. The molecular formula is C47H27N3O2. The van der Waals surface area contributed by atoms with E-state index in [0.29, 0.717) is 17.5 Å². The van der Waals surface area contributed by atoms with Crippen LogP contribution in [0.1, 0.15) is 0 Å². The first-order valence-electron chi connectivity index (χ1n) is 17.4. The van der Waals surface area contributed by atoms with E-state index in [1.165, 1.54) is 0 Å². The summed E-state index contributed by atoms with van der Waals surface area (Å²) in [6, 6.07) is 56.1. The molecular weight excluding hydrogens is 639 g/mol. The topological polar surface area (TPSA) is 65.0 Å². The number of nitrogens with zero attached hydrogens (tertiary/aromatic N) is 3. The SMILES string of the molecule is c1ccc(-c2ccccc2-c2nc(-c3cc4ccccc4c4oc5ccccc5c34)nc(-c3cc4ccccc4c4oc5ccccc5c34)n2)cc1. The van der Waals surface area contributed by atoms with Crippen LogP contribution in [0.5, 0.6) is 0 Å². The smallest absolute Gasteiger partial charge is 0.164 e. The predicted octanol–water partition coefficient (Wildman–Crippen LogP) is 12.6. The number of fused-ring (bicyclic) bond motifs is 10. The molecule has 52 heavy (non-hydrogen) atoms. The molecule has 5 heteroatoms. The highest BCUT2D eigenvalue weighted by atomic mass is 16.3. The lowest BCUT2D eigenvalue weighted by Crippen LogP contribution is -2.02. The molecule has 0 unspecified atom stereocenters. The molecule has 0 aliphatic carbocycles. The van der Waals surface area contributed by atoms with Gasteiger partial charge in [-0.25, -0.2) is 15.0 Å². The quantitative estimate of drug-likeness (QED) is 0.187. The van der Waals surface area contributed by atoms with Crippen LogP contribution in [0, 0.1) is 0 Å². The van der Waals surface area contributed by atoms with Crippen molar-refractivity contribution in [1.29, 1.82) is 0 Å². The van der Waals surface area contributed by atoms with Crippen molar-refractivity contribution in [3.8, 4) is 45.3 Å². The maximum absolute atomic E-state index is 6.59. The zero-order valence-corrected chi connectivity index (χ0v) is 27.7. The molecule has 8 aromatic carbocycles. The maximum Gasteiger partial charge on any atom is 0.164 e. The summed E-state index contributed by atoms with van der Waals surface area (Å²) in [5.74, 6) is 1.72. The van der Waals surface area contributed by atoms with Crippen LogP contribution < -0.4 is 0 Å². The molecule has 0 bridgehead atoms. The number of aromatic nitrogens is 3. The highest BCUT2D eigenvalue weighted by molar-refractivity contribution is 6.22. The van der Waals surface area contributed by atoms with Crippen LogP contribution >= 0.6 is 0 Å². The van der Waals surface area contributed by atoms with Gasteiger partial charge >= 0.3 is 0 Å². The Balaban J connectivity index is 1.29. The fourth-order valence-corrected chi connectivity index (χ4v) is 7.76. The van der Waals surface area contributed by atoms with Crippen LogP contribution in [-0.4, -0.2) is 15.0 Å². The summed E-state index contributed by atoms with van der Waals surface area (Å²) in [7, 11) is 0. The summed E-state index contributed by atoms with van der Waals surface area (Å²) < 4.78 is 13.2. The average molecular weight is 666 g/mol. The Labute approximate surface area is 297 Å². The molecule has 0 N–H and O–H groups in total. The first-order chi connectivity index (χ1) is 25.8. The average Bonchev–Trinajstić information content (AvgIpc) is 3.81. The van der Waals surface area contributed by atoms with Crippen molar-refractivity contribution < 1.29 is 8.83 Å². The minimum absolute atomic E-state index is 0.569. The summed E-state index contributed by atoms with van der Waals surface area (Å²) in [5.41, 5.74) is 8.09. The Bertz CT molecular complexity index is 3020. The Morgan fingerprint density at radius 1 is 0.327 bits per heavy atom. The van der Waals surface area contributed by atoms with E-state index in [4.69, 9.17) is 23.8 Å². The normalized spacial score (nSPS) is 11.8. The largest absolute Gasteiger partial charge is 0.455 e. The summed E-state index contributed by atoms with van der Waals surface area (Å²) in [6.45, 7) is 0. The number of hydrogen-bond acceptors (Lipinski definition) is 5. The van der Waals surface area contributed by atoms with Gasteiger partial charge in [0.1, 0.15) is 22.3 Å². The van der Waals surface area contributed by atoms with Gasteiger partial charge in [0.25, 0.3) is 0 Å². The number of rotatable bonds is 4. The lowest BCUT2D eigenvalue weighted by Gasteiger charge is -2.14. The Kier molecular flexibility index (Phi) is 6.18. The standard InChI is InChI=1S/C47H27N3O2/c1-2-14-28(15-3-1)31-18-8-9-21-34(31)45-48-46(37-26-29-16-4-6-19-32(29)43-41(37)35-22-10-12-24-39(35)51-43)50-47(49-45)38-27-30-17-5-7-20-33(30)44-42(38)36-23-11-13-25-40(36)52-44/h1-27H. The third-order valence-corrected chi connectivity index (χ3v) is 10.1. The molecule has 0 saturated heterocycles. The van der Waals surface area contributed by atoms with Crippen molar-refractivity contribution in [1.82, 2.24) is 15.0 Å². The highest BCUT2D eigenvalue weighted by Gasteiger charge is 2.23. The lowest BCUT2D eigenvalue weighted by atomic mass is 9.97. The van der Waals surface area contributed by atoms with Gasteiger partial charge in [-0.15, -0.1) is 0 Å². The fourth-order valence-electron chi connectivity index (χ4n) is 7.76. The van der Waals surface area contributed by atoms with E-state index in [9.17, 15) is 0 Å². The van der Waals surface area contributed by atoms with Crippen LogP contribution in [0.15, 0.2) is 173 Å². The van der Waals surface area contributed by atoms with E-state index in [1.807, 2.05) is 48.5 Å². The lowest BCUT2D eigenvalue weighted by molar-refractivity contribution is 0.672. The number of hydrogen-bond donors (Lipinski definition) is 0. The second kappa shape index (κ2) is 11.2. The van der Waals surface area contributed by atoms with E-state index in [0.717, 1.165) is 93.2 Å². The Hall–Kier alpha value is -7.11. The van der Waals surface area contributed by atoms with Gasteiger partial charge in [-0.1, -0.05) is 140 Å². The minimum Gasteiger partial charge on any atom is -0.455 e. The summed E-state index contributed by atoms with van der Waals surface area (Å²) in [5, 5.41) is 8.17. The first-order valence-corrected chi connectivity index (χ1v) is 17.4. The van der Waals surface area contributed by atoms with E-state index in [1.54, 1.807) is 0 Å². The van der Waals surface area contributed by atoms with Crippen LogP contribution in [0.3, 0.4) is 0 Å². The van der Waals surface area contributed by atoms with Gasteiger partial charge in [-0.2, -0.15) is 0 Å². The second-order valence-electron chi connectivity index (χ2n) is 13.1. The number of para-hydroxylation sites is 2. The molecule has 0 saturated carbocycles. The summed E-state index contributed by atoms with van der Waals surface area (Å²) in [6.07, 6.45) is 0. The van der Waals surface area contributed by atoms with Gasteiger partial charge in [-0.3, -0.25) is 0 Å². The van der Waals surface area contributed by atoms with Crippen LogP contribution in [0.2, 0.25) is 0 Å². The highest BCUT2D eigenvalue weighted by Crippen LogP contribution is 2.44. The first kappa shape index (κ1) is 28.7. The summed E-state index contributed by atoms with van der Waals surface area (Å²) in [4.78, 5) is 16.1. The van der Waals surface area contributed by atoms with Gasteiger partial charge in [0.05, 0.1) is 0 Å². The minimum atomic E-state index is 0.569. The molecule has 5 nitrogen and oxygen atoms in total. The fraction of sp³-hybridized carbons (Fsp3) is 0. The van der Waals surface area contributed by atoms with Gasteiger partial charge in [0.2, 0.25) is 0 Å². The van der Waals surface area contributed by atoms with Crippen LogP contribution in [0.25, 0.3) is 111 Å². The maximum atomic E-state index is 6.59. The third kappa shape index (κ3) is 4.33. The Morgan fingerprint density at radius 3 is 1.27 bits per heavy atom. The monoisotopic (exact) mass is 665 g/mol. The Morgan fingerprint density at radius 2 is 0.731 bits per heavy atom. The van der Waals surface area contributed by atoms with Crippen molar-refractivity contribution in [3.05, 3.63) is 164 Å². The van der Waals surface area contributed by atoms with E-state index >= 15 is 0 Å². The van der Waals surface area contributed by atoms with E-state index in [2.05, 4.69) is 115 Å². The van der Waals surface area contributed by atoms with Crippen molar-refractivity contribution in [3.63, 3.8) is 0 Å². The molecule has 0 aliphatic rings. The van der Waals surface area contributed by atoms with Crippen molar-refractivity contribution in [2.24, 2.45) is 0 Å². The van der Waals surface area contributed by atoms with E-state index in [-0.39, 0.29) is 0 Å². The predicted molar refractivity (Wildman–Crippen MR) is 211 cm³/mol. The molecule has 11 aromatic rings. The molecule has 11 rings (SSSR count). The van der Waals surface area contributed by atoms with Crippen LogP contribution in [-0.2, 0) is 0 Å². The summed E-state index contributed by atoms with van der Waals surface area (Å²) >= 11 is 0. The van der Waals surface area contributed by atoms with Gasteiger partial charge < -0.3 is 8.83 Å².